The minimum absolute atomic E-state index is 0. The predicted octanol–water partition coefficient (Wildman–Crippen LogP) is 5.71. The van der Waals surface area contributed by atoms with Crippen LogP contribution in [0.25, 0.3) is 0 Å². The third-order valence-electron chi connectivity index (χ3n) is 4.25. The Labute approximate surface area is 143 Å². The van der Waals surface area contributed by atoms with E-state index in [2.05, 4.69) is 4.74 Å². The van der Waals surface area contributed by atoms with Crippen molar-refractivity contribution < 1.29 is 20.1 Å². The van der Waals surface area contributed by atoms with Crippen molar-refractivity contribution in [1.29, 1.82) is 0 Å². The molecule has 0 unspecified atom stereocenters. The van der Waals surface area contributed by atoms with Crippen LogP contribution in [0, 0.1) is 0 Å². The third kappa shape index (κ3) is 21.4. The fraction of sp³-hybridized carbons (Fsp3) is 0.947. The predicted molar refractivity (Wildman–Crippen MR) is 92.1 cm³/mol. The van der Waals surface area contributed by atoms with Crippen LogP contribution in [0.5, 0.6) is 0 Å². The van der Waals surface area contributed by atoms with Crippen molar-refractivity contribution in [2.45, 2.75) is 103 Å². The van der Waals surface area contributed by atoms with E-state index in [9.17, 15) is 9.90 Å². The number of hydrogen-bond acceptors (Lipinski definition) is 2. The molecule has 4 nitrogen and oxygen atoms in total. The molecule has 0 spiro atoms. The zero-order valence-electron chi connectivity index (χ0n) is 15.2. The number of carbonyl (C=O) groups is 1. The van der Waals surface area contributed by atoms with Crippen molar-refractivity contribution in [3.05, 3.63) is 0 Å². The third-order valence-corrected chi connectivity index (χ3v) is 4.25. The molecule has 4 heteroatoms. The first-order chi connectivity index (χ1) is 10.8. The molecule has 3 radical (unpaired) electrons. The molecular weight excluding hydrogens is 292 g/mol. The van der Waals surface area contributed by atoms with Crippen LogP contribution < -0.4 is 0 Å². The first-order valence-corrected chi connectivity index (χ1v) is 9.46. The van der Waals surface area contributed by atoms with Gasteiger partial charge in [-0.05, 0) is 12.8 Å². The summed E-state index contributed by atoms with van der Waals surface area (Å²) in [5, 5.41) is 10.3. The van der Waals surface area contributed by atoms with E-state index in [1.807, 2.05) is 0 Å². The van der Waals surface area contributed by atoms with Crippen LogP contribution >= 0.6 is 0 Å². The lowest BCUT2D eigenvalue weighted by molar-refractivity contribution is -0.140. The molecule has 0 aliphatic carbocycles. The van der Waals surface area contributed by atoms with Crippen LogP contribution in [0.1, 0.15) is 103 Å². The quantitative estimate of drug-likeness (QED) is 0.253. The Balaban J connectivity index is 0. The maximum absolute atomic E-state index is 10.9. The van der Waals surface area contributed by atoms with Gasteiger partial charge in [-0.15, -0.1) is 0 Å². The van der Waals surface area contributed by atoms with Gasteiger partial charge in [0.05, 0.1) is 13.7 Å². The Bertz CT molecular complexity index is 231. The van der Waals surface area contributed by atoms with E-state index in [4.69, 9.17) is 0 Å². The molecule has 0 amide bonds. The van der Waals surface area contributed by atoms with Crippen LogP contribution in [-0.4, -0.2) is 19.7 Å². The van der Waals surface area contributed by atoms with Gasteiger partial charge in [-0.3, -0.25) is 4.79 Å². The number of ether oxygens (including phenoxy) is 1. The molecule has 0 aromatic carbocycles. The van der Waals surface area contributed by atoms with Crippen molar-refractivity contribution >= 4 is 5.97 Å². The second-order valence-corrected chi connectivity index (χ2v) is 6.33. The highest BCUT2D eigenvalue weighted by Gasteiger charge is 1.99. The molecule has 0 aliphatic rings. The molecule has 0 bridgehead atoms. The highest BCUT2D eigenvalue weighted by atomic mass is 16.5. The Hall–Kier alpha value is -0.610. The van der Waals surface area contributed by atoms with E-state index >= 15 is 0 Å². The Morgan fingerprint density at radius 3 is 1.22 bits per heavy atom. The Morgan fingerprint density at radius 1 is 0.609 bits per heavy atom. The zero-order valence-corrected chi connectivity index (χ0v) is 15.2. The first kappa shape index (κ1) is 24.6. The lowest BCUT2D eigenvalue weighted by Crippen LogP contribution is -1.99. The second kappa shape index (κ2) is 21.4. The normalized spacial score (nSPS) is 10.3. The molecule has 0 fully saturated rings. The van der Waals surface area contributed by atoms with Gasteiger partial charge in [0.25, 0.3) is 0 Å². The maximum Gasteiger partial charge on any atom is 0.305 e. The number of hydrogen-bond donors (Lipinski definition) is 0. The largest absolute Gasteiger partial charge is 0.469 e. The van der Waals surface area contributed by atoms with Gasteiger partial charge in [0.2, 0.25) is 0 Å². The van der Waals surface area contributed by atoms with E-state index in [1.165, 1.54) is 77.7 Å². The molecular formula is C19H37O4. The van der Waals surface area contributed by atoms with Crippen molar-refractivity contribution in [2.75, 3.05) is 13.7 Å². The van der Waals surface area contributed by atoms with Crippen molar-refractivity contribution in [1.82, 2.24) is 0 Å². The van der Waals surface area contributed by atoms with Crippen molar-refractivity contribution in [3.63, 3.8) is 0 Å². The van der Waals surface area contributed by atoms with Gasteiger partial charge in [-0.25, -0.2) is 5.11 Å². The summed E-state index contributed by atoms with van der Waals surface area (Å²) in [6, 6.07) is 0. The molecule has 0 aliphatic heterocycles. The monoisotopic (exact) mass is 329 g/mol. The van der Waals surface area contributed by atoms with Gasteiger partial charge >= 0.3 is 5.97 Å². The molecule has 0 heterocycles. The van der Waals surface area contributed by atoms with Crippen LogP contribution in [0.3, 0.4) is 0 Å². The van der Waals surface area contributed by atoms with Crippen LogP contribution in [0.4, 0.5) is 0 Å². The van der Waals surface area contributed by atoms with E-state index < -0.39 is 0 Å². The average molecular weight is 330 g/mol. The van der Waals surface area contributed by atoms with E-state index in [-0.39, 0.29) is 18.1 Å². The molecule has 0 saturated carbocycles. The van der Waals surface area contributed by atoms with Crippen molar-refractivity contribution in [2.24, 2.45) is 0 Å². The van der Waals surface area contributed by atoms with E-state index in [0.29, 0.717) is 6.42 Å². The SMILES string of the molecule is COC(=O)CCCCCCCCCCCCCCCCC[O].[O]. The molecule has 0 aromatic rings. The standard InChI is InChI=1S/C19H37O3.O/c1-22-19(21)17-15-13-11-9-7-5-3-2-4-6-8-10-12-14-16-18-20;/h2-18H2,1H3;. The molecule has 0 N–H and O–H groups in total. The van der Waals surface area contributed by atoms with Crippen LogP contribution in [0.2, 0.25) is 0 Å². The van der Waals surface area contributed by atoms with Crippen molar-refractivity contribution in [3.8, 4) is 0 Å². The van der Waals surface area contributed by atoms with Crippen LogP contribution in [-0.2, 0) is 20.1 Å². The lowest BCUT2D eigenvalue weighted by Gasteiger charge is -2.03. The summed E-state index contributed by atoms with van der Waals surface area (Å²) in [4.78, 5) is 10.9. The Morgan fingerprint density at radius 2 is 0.913 bits per heavy atom. The summed E-state index contributed by atoms with van der Waals surface area (Å²) in [5.74, 6) is -0.0783. The minimum atomic E-state index is -0.0783. The summed E-state index contributed by atoms with van der Waals surface area (Å²) in [6.45, 7) is 0.102. The molecule has 0 saturated heterocycles. The highest BCUT2D eigenvalue weighted by molar-refractivity contribution is 5.68. The van der Waals surface area contributed by atoms with E-state index in [1.54, 1.807) is 0 Å². The highest BCUT2D eigenvalue weighted by Crippen LogP contribution is 2.13. The lowest BCUT2D eigenvalue weighted by atomic mass is 10.0. The van der Waals surface area contributed by atoms with Gasteiger partial charge in [0, 0.05) is 11.9 Å². The van der Waals surface area contributed by atoms with Gasteiger partial charge in [0.1, 0.15) is 0 Å². The molecule has 0 atom stereocenters. The maximum atomic E-state index is 10.9. The van der Waals surface area contributed by atoms with Crippen LogP contribution in [0.15, 0.2) is 0 Å². The number of rotatable bonds is 17. The Kier molecular flexibility index (Phi) is 22.9. The molecule has 23 heavy (non-hydrogen) atoms. The van der Waals surface area contributed by atoms with Gasteiger partial charge < -0.3 is 4.74 Å². The average Bonchev–Trinajstić information content (AvgIpc) is 2.54. The summed E-state index contributed by atoms with van der Waals surface area (Å²) < 4.78 is 4.62. The number of esters is 1. The van der Waals surface area contributed by atoms with Gasteiger partial charge in [-0.2, -0.15) is 0 Å². The molecule has 0 aromatic heterocycles. The summed E-state index contributed by atoms with van der Waals surface area (Å²) in [7, 11) is 1.46. The smallest absolute Gasteiger partial charge is 0.305 e. The molecule has 0 rings (SSSR count). The summed E-state index contributed by atoms with van der Waals surface area (Å²) in [5.41, 5.74) is 0. The first-order valence-electron chi connectivity index (χ1n) is 9.46. The number of unbranched alkanes of at least 4 members (excludes halogenated alkanes) is 14. The fourth-order valence-electron chi connectivity index (χ4n) is 2.77. The zero-order chi connectivity index (χ0) is 16.3. The minimum Gasteiger partial charge on any atom is -0.469 e. The number of methoxy groups -OCH3 is 1. The summed E-state index contributed by atoms with van der Waals surface area (Å²) in [6.07, 6.45) is 19.4. The number of carbonyl (C=O) groups excluding carboxylic acids is 1. The second-order valence-electron chi connectivity index (χ2n) is 6.33. The topological polar surface area (TPSA) is 74.7 Å². The van der Waals surface area contributed by atoms with E-state index in [0.717, 1.165) is 25.7 Å². The van der Waals surface area contributed by atoms with Gasteiger partial charge in [-0.1, -0.05) is 83.5 Å². The fourth-order valence-corrected chi connectivity index (χ4v) is 2.77. The van der Waals surface area contributed by atoms with Gasteiger partial charge in [0.15, 0.2) is 0 Å². The molecule has 137 valence electrons. The summed E-state index contributed by atoms with van der Waals surface area (Å²) >= 11 is 0.